The van der Waals surface area contributed by atoms with Crippen molar-refractivity contribution in [2.45, 2.75) is 13.8 Å². The van der Waals surface area contributed by atoms with Gasteiger partial charge in [0.2, 0.25) is 5.95 Å². The maximum absolute atomic E-state index is 11.8. The van der Waals surface area contributed by atoms with Crippen molar-refractivity contribution in [3.63, 3.8) is 0 Å². The zero-order chi connectivity index (χ0) is 18.4. The van der Waals surface area contributed by atoms with Crippen LogP contribution < -0.4 is 9.80 Å². The Morgan fingerprint density at radius 1 is 1.12 bits per heavy atom. The van der Waals surface area contributed by atoms with E-state index in [9.17, 15) is 4.79 Å². The van der Waals surface area contributed by atoms with Gasteiger partial charge in [-0.05, 0) is 32.0 Å². The highest BCUT2D eigenvalue weighted by molar-refractivity contribution is 5.68. The highest BCUT2D eigenvalue weighted by Crippen LogP contribution is 2.24. The average Bonchev–Trinajstić information content (AvgIpc) is 2.70. The Labute approximate surface area is 154 Å². The summed E-state index contributed by atoms with van der Waals surface area (Å²) in [6.07, 6.45) is 1.55. The van der Waals surface area contributed by atoms with Crippen molar-refractivity contribution in [2.24, 2.45) is 0 Å². The number of carbonyl (C=O) groups is 1. The molecule has 1 aromatic carbocycles. The summed E-state index contributed by atoms with van der Waals surface area (Å²) in [4.78, 5) is 27.0. The number of hydrogen-bond donors (Lipinski definition) is 0. The van der Waals surface area contributed by atoms with E-state index in [1.165, 1.54) is 0 Å². The normalized spacial score (nSPS) is 14.2. The lowest BCUT2D eigenvalue weighted by molar-refractivity contribution is 0.105. The predicted molar refractivity (Wildman–Crippen MR) is 102 cm³/mol. The summed E-state index contributed by atoms with van der Waals surface area (Å²) >= 11 is 0. The summed E-state index contributed by atoms with van der Waals surface area (Å²) < 4.78 is 5.07. The number of carbonyl (C=O) groups excluding carboxylic acids is 1. The molecule has 0 atom stereocenters. The molecule has 2 heterocycles. The lowest BCUT2D eigenvalue weighted by atomic mass is 10.3. The zero-order valence-electron chi connectivity index (χ0n) is 15.3. The van der Waals surface area contributed by atoms with E-state index in [2.05, 4.69) is 33.8 Å². The van der Waals surface area contributed by atoms with Crippen LogP contribution in [0.3, 0.4) is 0 Å². The van der Waals surface area contributed by atoms with Crippen LogP contribution in [0.4, 0.5) is 22.2 Å². The first-order valence-electron chi connectivity index (χ1n) is 9.05. The number of piperazine rings is 1. The number of para-hydroxylation sites is 1. The second-order valence-electron chi connectivity index (χ2n) is 5.97. The van der Waals surface area contributed by atoms with Gasteiger partial charge in [-0.1, -0.05) is 18.2 Å². The van der Waals surface area contributed by atoms with Gasteiger partial charge in [0.25, 0.3) is 0 Å². The molecule has 1 saturated heterocycles. The van der Waals surface area contributed by atoms with Gasteiger partial charge in [0.15, 0.2) is 0 Å². The molecule has 0 N–H and O–H groups in total. The summed E-state index contributed by atoms with van der Waals surface area (Å²) in [6, 6.07) is 12.1. The maximum Gasteiger partial charge on any atom is 0.409 e. The van der Waals surface area contributed by atoms with Crippen molar-refractivity contribution in [2.75, 3.05) is 49.1 Å². The highest BCUT2D eigenvalue weighted by atomic mass is 16.6. The molecule has 1 amide bonds. The third kappa shape index (κ3) is 4.04. The molecule has 7 nitrogen and oxygen atoms in total. The largest absolute Gasteiger partial charge is 0.450 e. The van der Waals surface area contributed by atoms with E-state index in [1.807, 2.05) is 31.2 Å². The van der Waals surface area contributed by atoms with Gasteiger partial charge in [-0.15, -0.1) is 0 Å². The standard InChI is InChI=1S/C19H25N5O2/c1-3-24(16-8-6-5-7-9-16)17-10-11-20-18(21-17)22-12-14-23(15-13-22)19(25)26-4-2/h5-11H,3-4,12-15H2,1-2H3. The summed E-state index contributed by atoms with van der Waals surface area (Å²) in [6.45, 7) is 7.75. The highest BCUT2D eigenvalue weighted by Gasteiger charge is 2.23. The monoisotopic (exact) mass is 355 g/mol. The van der Waals surface area contributed by atoms with Crippen LogP contribution in [-0.2, 0) is 4.74 Å². The third-order valence-electron chi connectivity index (χ3n) is 4.38. The van der Waals surface area contributed by atoms with E-state index in [0.717, 1.165) is 18.1 Å². The Morgan fingerprint density at radius 3 is 2.50 bits per heavy atom. The zero-order valence-corrected chi connectivity index (χ0v) is 15.3. The first kappa shape index (κ1) is 18.0. The Morgan fingerprint density at radius 2 is 1.85 bits per heavy atom. The summed E-state index contributed by atoms with van der Waals surface area (Å²) in [5, 5.41) is 0. The molecular weight excluding hydrogens is 330 g/mol. The number of benzene rings is 1. The van der Waals surface area contributed by atoms with Gasteiger partial charge in [-0.2, -0.15) is 4.98 Å². The van der Waals surface area contributed by atoms with E-state index in [-0.39, 0.29) is 6.09 Å². The molecule has 0 radical (unpaired) electrons. The topological polar surface area (TPSA) is 61.8 Å². The molecule has 26 heavy (non-hydrogen) atoms. The first-order valence-corrected chi connectivity index (χ1v) is 9.05. The van der Waals surface area contributed by atoms with Crippen LogP contribution in [0, 0.1) is 0 Å². The van der Waals surface area contributed by atoms with Gasteiger partial charge in [-0.3, -0.25) is 0 Å². The molecule has 1 aliphatic rings. The molecule has 0 unspecified atom stereocenters. The van der Waals surface area contributed by atoms with Crippen LogP contribution in [0.2, 0.25) is 0 Å². The molecule has 0 aliphatic carbocycles. The smallest absolute Gasteiger partial charge is 0.409 e. The SMILES string of the molecule is CCOC(=O)N1CCN(c2nccc(N(CC)c3ccccc3)n2)CC1. The average molecular weight is 355 g/mol. The van der Waals surface area contributed by atoms with Gasteiger partial charge < -0.3 is 19.4 Å². The molecule has 0 bridgehead atoms. The van der Waals surface area contributed by atoms with Crippen LogP contribution in [0.25, 0.3) is 0 Å². The van der Waals surface area contributed by atoms with E-state index < -0.39 is 0 Å². The maximum atomic E-state index is 11.8. The van der Waals surface area contributed by atoms with Crippen molar-refractivity contribution < 1.29 is 9.53 Å². The lowest BCUT2D eigenvalue weighted by Crippen LogP contribution is -2.49. The minimum absolute atomic E-state index is 0.247. The van der Waals surface area contributed by atoms with Crippen molar-refractivity contribution in [1.29, 1.82) is 0 Å². The second kappa shape index (κ2) is 8.51. The minimum atomic E-state index is -0.247. The van der Waals surface area contributed by atoms with E-state index in [4.69, 9.17) is 9.72 Å². The molecule has 1 fully saturated rings. The first-order chi connectivity index (χ1) is 12.7. The van der Waals surface area contributed by atoms with E-state index >= 15 is 0 Å². The minimum Gasteiger partial charge on any atom is -0.450 e. The fourth-order valence-corrected chi connectivity index (χ4v) is 3.03. The van der Waals surface area contributed by atoms with E-state index in [1.54, 1.807) is 11.1 Å². The van der Waals surface area contributed by atoms with Gasteiger partial charge in [0.1, 0.15) is 5.82 Å². The van der Waals surface area contributed by atoms with Crippen LogP contribution in [-0.4, -0.2) is 60.3 Å². The molecule has 2 aromatic rings. The summed E-state index contributed by atoms with van der Waals surface area (Å²) in [5.74, 6) is 1.57. The van der Waals surface area contributed by atoms with Crippen LogP contribution in [0.15, 0.2) is 42.6 Å². The fourth-order valence-electron chi connectivity index (χ4n) is 3.03. The van der Waals surface area contributed by atoms with Crippen LogP contribution in [0.5, 0.6) is 0 Å². The van der Waals surface area contributed by atoms with Crippen LogP contribution in [0.1, 0.15) is 13.8 Å². The molecule has 1 aliphatic heterocycles. The molecule has 0 spiro atoms. The summed E-state index contributed by atoms with van der Waals surface area (Å²) in [7, 11) is 0. The molecule has 3 rings (SSSR count). The van der Waals surface area contributed by atoms with Gasteiger partial charge in [0.05, 0.1) is 6.61 Å². The molecule has 138 valence electrons. The van der Waals surface area contributed by atoms with E-state index in [0.29, 0.717) is 38.7 Å². The van der Waals surface area contributed by atoms with Gasteiger partial charge in [-0.25, -0.2) is 9.78 Å². The van der Waals surface area contributed by atoms with Crippen molar-refractivity contribution >= 4 is 23.5 Å². The fraction of sp³-hybridized carbons (Fsp3) is 0.421. The quantitative estimate of drug-likeness (QED) is 0.822. The Kier molecular flexibility index (Phi) is 5.88. The lowest BCUT2D eigenvalue weighted by Gasteiger charge is -2.34. The van der Waals surface area contributed by atoms with Crippen LogP contribution >= 0.6 is 0 Å². The molecule has 7 heteroatoms. The number of amides is 1. The number of ether oxygens (including phenoxy) is 1. The Bertz CT molecular complexity index is 717. The number of rotatable bonds is 5. The Balaban J connectivity index is 1.71. The number of aromatic nitrogens is 2. The molecule has 0 saturated carbocycles. The number of hydrogen-bond acceptors (Lipinski definition) is 6. The molecular formula is C19H25N5O2. The van der Waals surface area contributed by atoms with Gasteiger partial charge >= 0.3 is 6.09 Å². The third-order valence-corrected chi connectivity index (χ3v) is 4.38. The number of anilines is 3. The van der Waals surface area contributed by atoms with Crippen molar-refractivity contribution in [3.05, 3.63) is 42.6 Å². The second-order valence-corrected chi connectivity index (χ2v) is 5.97. The summed E-state index contributed by atoms with van der Waals surface area (Å²) in [5.41, 5.74) is 1.10. The van der Waals surface area contributed by atoms with Crippen molar-refractivity contribution in [1.82, 2.24) is 14.9 Å². The predicted octanol–water partition coefficient (Wildman–Crippen LogP) is 2.91. The van der Waals surface area contributed by atoms with Crippen molar-refractivity contribution in [3.8, 4) is 0 Å². The number of nitrogens with zero attached hydrogens (tertiary/aromatic N) is 5. The molecule has 1 aromatic heterocycles. The van der Waals surface area contributed by atoms with Gasteiger partial charge in [0, 0.05) is 44.6 Å². The Hall–Kier alpha value is -2.83.